The van der Waals surface area contributed by atoms with E-state index in [9.17, 15) is 4.79 Å². The van der Waals surface area contributed by atoms with Gasteiger partial charge in [-0.2, -0.15) is 0 Å². The Hall–Kier alpha value is -0.580. The van der Waals surface area contributed by atoms with Gasteiger partial charge in [-0.1, -0.05) is 6.42 Å². The van der Waals surface area contributed by atoms with Gasteiger partial charge in [-0.3, -0.25) is 4.79 Å². The van der Waals surface area contributed by atoms with Crippen molar-refractivity contribution in [2.45, 2.75) is 51.1 Å². The molecule has 5 heteroatoms. The zero-order valence-corrected chi connectivity index (χ0v) is 13.4. The van der Waals surface area contributed by atoms with E-state index in [2.05, 4.69) is 5.32 Å². The third-order valence-electron chi connectivity index (χ3n) is 4.64. The Bertz CT molecular complexity index is 462. The number of nitrogens with one attached hydrogen (secondary N) is 1. The average Bonchev–Trinajstić information content (AvgIpc) is 2.77. The Morgan fingerprint density at radius 3 is 2.50 bits per heavy atom. The summed E-state index contributed by atoms with van der Waals surface area (Å²) in [6.45, 7) is 2.04. The van der Waals surface area contributed by atoms with Gasteiger partial charge in [0.2, 0.25) is 0 Å². The summed E-state index contributed by atoms with van der Waals surface area (Å²) in [5, 5.41) is 3.29. The van der Waals surface area contributed by atoms with Crippen molar-refractivity contribution in [1.29, 1.82) is 0 Å². The van der Waals surface area contributed by atoms with E-state index < -0.39 is 0 Å². The van der Waals surface area contributed by atoms with Gasteiger partial charge >= 0.3 is 0 Å². The summed E-state index contributed by atoms with van der Waals surface area (Å²) >= 11 is 1.58. The second-order valence-corrected chi connectivity index (χ2v) is 7.38. The van der Waals surface area contributed by atoms with Crippen LogP contribution in [0.1, 0.15) is 46.7 Å². The molecule has 0 aromatic carbocycles. The van der Waals surface area contributed by atoms with Crippen molar-refractivity contribution in [3.8, 4) is 0 Å². The smallest absolute Gasteiger partial charge is 0.261 e. The van der Waals surface area contributed by atoms with Gasteiger partial charge in [-0.25, -0.2) is 0 Å². The minimum Gasteiger partial charge on any atom is -0.348 e. The number of aryl methyl sites for hydroxylation is 1. The molecule has 20 heavy (non-hydrogen) atoms. The number of fused-ring (bicyclic) bond motifs is 2. The molecule has 3 rings (SSSR count). The van der Waals surface area contributed by atoms with Crippen LogP contribution in [-0.2, 0) is 0 Å². The van der Waals surface area contributed by atoms with Crippen molar-refractivity contribution in [1.82, 2.24) is 5.32 Å². The molecule has 1 heterocycles. The van der Waals surface area contributed by atoms with Crippen molar-refractivity contribution >= 4 is 29.7 Å². The lowest BCUT2D eigenvalue weighted by atomic mass is 9.67. The van der Waals surface area contributed by atoms with Gasteiger partial charge in [0.25, 0.3) is 5.91 Å². The SMILES string of the molecule is Cc1ccc(C(=O)NC2C3CCCC2CC(N)C3)s1.Cl. The van der Waals surface area contributed by atoms with Gasteiger partial charge < -0.3 is 11.1 Å². The van der Waals surface area contributed by atoms with Crippen LogP contribution in [0.5, 0.6) is 0 Å². The molecule has 0 saturated heterocycles. The van der Waals surface area contributed by atoms with Crippen molar-refractivity contribution in [2.24, 2.45) is 17.6 Å². The maximum absolute atomic E-state index is 12.3. The van der Waals surface area contributed by atoms with Crippen LogP contribution in [0, 0.1) is 18.8 Å². The largest absolute Gasteiger partial charge is 0.348 e. The predicted molar refractivity (Wildman–Crippen MR) is 85.6 cm³/mol. The number of amides is 1. The Balaban J connectivity index is 0.00000147. The van der Waals surface area contributed by atoms with Crippen molar-refractivity contribution in [3.63, 3.8) is 0 Å². The number of hydrogen-bond donors (Lipinski definition) is 2. The average molecular weight is 315 g/mol. The third kappa shape index (κ3) is 3.18. The fraction of sp³-hybridized carbons (Fsp3) is 0.667. The van der Waals surface area contributed by atoms with E-state index in [1.54, 1.807) is 11.3 Å². The maximum atomic E-state index is 12.3. The van der Waals surface area contributed by atoms with Crippen LogP contribution in [0.15, 0.2) is 12.1 Å². The van der Waals surface area contributed by atoms with Gasteiger partial charge in [0.1, 0.15) is 0 Å². The van der Waals surface area contributed by atoms with Crippen molar-refractivity contribution in [2.75, 3.05) is 0 Å². The van der Waals surface area contributed by atoms with Gasteiger partial charge in [0.05, 0.1) is 4.88 Å². The number of rotatable bonds is 2. The first-order valence-corrected chi connectivity index (χ1v) is 8.08. The molecule has 2 unspecified atom stereocenters. The lowest BCUT2D eigenvalue weighted by Gasteiger charge is -2.45. The van der Waals surface area contributed by atoms with Crippen LogP contribution in [0.4, 0.5) is 0 Å². The first-order chi connectivity index (χ1) is 9.13. The molecule has 2 atom stereocenters. The Kier molecular flexibility index (Phi) is 5.10. The highest BCUT2D eigenvalue weighted by Gasteiger charge is 2.40. The molecule has 2 fully saturated rings. The zero-order valence-electron chi connectivity index (χ0n) is 11.8. The van der Waals surface area contributed by atoms with E-state index in [0.717, 1.165) is 17.7 Å². The van der Waals surface area contributed by atoms with Gasteiger partial charge in [-0.05, 0) is 56.6 Å². The number of carbonyl (C=O) groups excluding carboxylic acids is 1. The monoisotopic (exact) mass is 314 g/mol. The summed E-state index contributed by atoms with van der Waals surface area (Å²) in [6, 6.07) is 4.63. The first-order valence-electron chi connectivity index (χ1n) is 7.26. The summed E-state index contributed by atoms with van der Waals surface area (Å²) in [4.78, 5) is 14.3. The Labute approximate surface area is 130 Å². The fourth-order valence-electron chi connectivity index (χ4n) is 3.80. The molecule has 0 aliphatic heterocycles. The number of hydrogen-bond acceptors (Lipinski definition) is 3. The standard InChI is InChI=1S/C15H22N2OS.ClH/c1-9-5-6-13(19-9)15(18)17-14-10-3-2-4-11(14)8-12(16)7-10;/h5-6,10-12,14H,2-4,7-8,16H2,1H3,(H,17,18);1H. The molecule has 0 spiro atoms. The lowest BCUT2D eigenvalue weighted by molar-refractivity contribution is 0.0759. The Morgan fingerprint density at radius 1 is 1.30 bits per heavy atom. The number of carbonyl (C=O) groups is 1. The number of nitrogens with two attached hydrogens (primary N) is 1. The highest BCUT2D eigenvalue weighted by atomic mass is 35.5. The predicted octanol–water partition coefficient (Wildman–Crippen LogP) is 3.11. The molecule has 1 aromatic rings. The van der Waals surface area contributed by atoms with Crippen LogP contribution < -0.4 is 11.1 Å². The molecule has 0 radical (unpaired) electrons. The summed E-state index contributed by atoms with van der Waals surface area (Å²) in [6.07, 6.45) is 5.89. The van der Waals surface area contributed by atoms with E-state index in [1.165, 1.54) is 24.1 Å². The van der Waals surface area contributed by atoms with E-state index in [0.29, 0.717) is 23.9 Å². The highest BCUT2D eigenvalue weighted by molar-refractivity contribution is 7.13. The summed E-state index contributed by atoms with van der Waals surface area (Å²) < 4.78 is 0. The molecule has 112 valence electrons. The molecule has 3 nitrogen and oxygen atoms in total. The van der Waals surface area contributed by atoms with E-state index in [1.807, 2.05) is 19.1 Å². The summed E-state index contributed by atoms with van der Waals surface area (Å²) in [5.41, 5.74) is 6.12. The van der Waals surface area contributed by atoms with Crippen LogP contribution in [0.2, 0.25) is 0 Å². The number of halogens is 1. The normalized spacial score (nSPS) is 32.3. The van der Waals surface area contributed by atoms with Crippen LogP contribution in [0.3, 0.4) is 0 Å². The van der Waals surface area contributed by atoms with Gasteiger partial charge in [-0.15, -0.1) is 23.7 Å². The molecule has 2 saturated carbocycles. The highest BCUT2D eigenvalue weighted by Crippen LogP contribution is 2.39. The summed E-state index contributed by atoms with van der Waals surface area (Å²) in [5.74, 6) is 1.29. The van der Waals surface area contributed by atoms with E-state index in [4.69, 9.17) is 5.73 Å². The van der Waals surface area contributed by atoms with E-state index in [-0.39, 0.29) is 18.3 Å². The molecule has 1 amide bonds. The van der Waals surface area contributed by atoms with Crippen LogP contribution in [-0.4, -0.2) is 18.0 Å². The zero-order chi connectivity index (χ0) is 13.4. The molecule has 2 bridgehead atoms. The molecule has 2 aliphatic carbocycles. The Morgan fingerprint density at radius 2 is 1.95 bits per heavy atom. The second kappa shape index (κ2) is 6.46. The summed E-state index contributed by atoms with van der Waals surface area (Å²) in [7, 11) is 0. The van der Waals surface area contributed by atoms with Crippen molar-refractivity contribution in [3.05, 3.63) is 21.9 Å². The second-order valence-electron chi connectivity index (χ2n) is 6.09. The molecular weight excluding hydrogens is 292 g/mol. The fourth-order valence-corrected chi connectivity index (χ4v) is 4.57. The first kappa shape index (κ1) is 15.8. The van der Waals surface area contributed by atoms with Crippen LogP contribution >= 0.6 is 23.7 Å². The number of thiophene rings is 1. The van der Waals surface area contributed by atoms with Crippen molar-refractivity contribution < 1.29 is 4.79 Å². The minimum absolute atomic E-state index is 0. The van der Waals surface area contributed by atoms with Gasteiger partial charge in [0, 0.05) is 17.0 Å². The van der Waals surface area contributed by atoms with Gasteiger partial charge in [0.15, 0.2) is 0 Å². The molecule has 3 N–H and O–H groups in total. The molecule has 2 aliphatic rings. The minimum atomic E-state index is 0. The quantitative estimate of drug-likeness (QED) is 0.881. The third-order valence-corrected chi connectivity index (χ3v) is 5.64. The topological polar surface area (TPSA) is 55.1 Å². The maximum Gasteiger partial charge on any atom is 0.261 e. The molecular formula is C15H23ClN2OS. The lowest BCUT2D eigenvalue weighted by Crippen LogP contribution is -2.53. The molecule has 1 aromatic heterocycles. The van der Waals surface area contributed by atoms with Crippen LogP contribution in [0.25, 0.3) is 0 Å². The van der Waals surface area contributed by atoms with E-state index >= 15 is 0 Å².